The van der Waals surface area contributed by atoms with Crippen molar-refractivity contribution in [2.24, 2.45) is 0 Å². The van der Waals surface area contributed by atoms with E-state index in [1.165, 1.54) is 32.1 Å². The molecule has 33 heavy (non-hydrogen) atoms. The van der Waals surface area contributed by atoms with Crippen molar-refractivity contribution < 1.29 is 19.4 Å². The standard InChI is InChI=1S/C26H41N3O4/c1-7-8-9-10-11-12-15-32-20-13-14-21(19(2)16-20)22-17-27-23(28-22)26(6,18-30)29-24(31)33-25(3,4)5/h13-14,16-17,30H,7-12,15,18H2,1-6H3,(H,27,28)(H,29,31)/t26-/m0/s1. The van der Waals surface area contributed by atoms with Gasteiger partial charge in [-0.15, -0.1) is 0 Å². The van der Waals surface area contributed by atoms with Gasteiger partial charge in [0.1, 0.15) is 22.7 Å². The molecule has 2 rings (SSSR count). The Morgan fingerprint density at radius 2 is 1.82 bits per heavy atom. The van der Waals surface area contributed by atoms with Crippen LogP contribution in [0.4, 0.5) is 4.79 Å². The van der Waals surface area contributed by atoms with Crippen molar-refractivity contribution >= 4 is 6.09 Å². The summed E-state index contributed by atoms with van der Waals surface area (Å²) in [6, 6.07) is 5.99. The number of aliphatic hydroxyl groups is 1. The number of carbonyl (C=O) groups is 1. The van der Waals surface area contributed by atoms with Gasteiger partial charge in [-0.1, -0.05) is 39.0 Å². The molecule has 0 radical (unpaired) electrons. The Hall–Kier alpha value is -2.54. The van der Waals surface area contributed by atoms with Gasteiger partial charge < -0.3 is 24.9 Å². The largest absolute Gasteiger partial charge is 0.494 e. The molecule has 1 heterocycles. The lowest BCUT2D eigenvalue weighted by atomic mass is 10.0. The lowest BCUT2D eigenvalue weighted by Crippen LogP contribution is -2.48. The predicted molar refractivity (Wildman–Crippen MR) is 131 cm³/mol. The van der Waals surface area contributed by atoms with Gasteiger partial charge in [0.15, 0.2) is 0 Å². The number of carbonyl (C=O) groups excluding carboxylic acids is 1. The van der Waals surface area contributed by atoms with Gasteiger partial charge in [0, 0.05) is 5.56 Å². The Labute approximate surface area is 198 Å². The van der Waals surface area contributed by atoms with Gasteiger partial charge in [-0.2, -0.15) is 0 Å². The minimum absolute atomic E-state index is 0.330. The van der Waals surface area contributed by atoms with Gasteiger partial charge in [-0.05, 0) is 64.8 Å². The quantitative estimate of drug-likeness (QED) is 0.346. The normalized spacial score (nSPS) is 13.4. The highest BCUT2D eigenvalue weighted by atomic mass is 16.6. The van der Waals surface area contributed by atoms with E-state index in [-0.39, 0.29) is 6.61 Å². The van der Waals surface area contributed by atoms with Crippen molar-refractivity contribution in [3.63, 3.8) is 0 Å². The summed E-state index contributed by atoms with van der Waals surface area (Å²) in [6.07, 6.45) is 8.52. The van der Waals surface area contributed by atoms with Crippen LogP contribution < -0.4 is 10.1 Å². The number of benzene rings is 1. The first-order valence-corrected chi connectivity index (χ1v) is 12.0. The van der Waals surface area contributed by atoms with E-state index in [0.29, 0.717) is 5.82 Å². The molecule has 1 aromatic heterocycles. The molecule has 3 N–H and O–H groups in total. The number of imidazole rings is 1. The van der Waals surface area contributed by atoms with E-state index in [1.54, 1.807) is 33.9 Å². The summed E-state index contributed by atoms with van der Waals surface area (Å²) in [6.45, 7) is 11.7. The molecule has 0 unspecified atom stereocenters. The predicted octanol–water partition coefficient (Wildman–Crippen LogP) is 5.86. The number of amides is 1. The molecule has 7 heteroatoms. The molecule has 7 nitrogen and oxygen atoms in total. The van der Waals surface area contributed by atoms with E-state index in [1.807, 2.05) is 25.1 Å². The third-order valence-electron chi connectivity index (χ3n) is 5.45. The van der Waals surface area contributed by atoms with Gasteiger partial charge in [0.2, 0.25) is 0 Å². The average Bonchev–Trinajstić information content (AvgIpc) is 3.22. The van der Waals surface area contributed by atoms with Crippen LogP contribution in [0.3, 0.4) is 0 Å². The second-order valence-corrected chi connectivity index (χ2v) is 9.86. The summed E-state index contributed by atoms with van der Waals surface area (Å²) in [7, 11) is 0. The maximum Gasteiger partial charge on any atom is 0.408 e. The molecular formula is C26H41N3O4. The number of ether oxygens (including phenoxy) is 2. The number of nitrogens with one attached hydrogen (secondary N) is 2. The Kier molecular flexibility index (Phi) is 9.77. The molecular weight excluding hydrogens is 418 g/mol. The van der Waals surface area contributed by atoms with Crippen molar-refractivity contribution in [2.75, 3.05) is 13.2 Å². The monoisotopic (exact) mass is 459 g/mol. The summed E-state index contributed by atoms with van der Waals surface area (Å²) in [5, 5.41) is 12.7. The number of alkyl carbamates (subject to hydrolysis) is 1. The molecule has 1 atom stereocenters. The zero-order valence-corrected chi connectivity index (χ0v) is 21.1. The molecule has 1 amide bonds. The maximum atomic E-state index is 12.2. The van der Waals surface area contributed by atoms with Gasteiger partial charge in [0.05, 0.1) is 25.1 Å². The average molecular weight is 460 g/mol. The minimum Gasteiger partial charge on any atom is -0.494 e. The zero-order valence-electron chi connectivity index (χ0n) is 21.1. The Morgan fingerprint density at radius 3 is 2.45 bits per heavy atom. The molecule has 0 bridgehead atoms. The number of aromatic amines is 1. The first-order chi connectivity index (χ1) is 15.6. The number of hydrogen-bond donors (Lipinski definition) is 3. The van der Waals surface area contributed by atoms with Crippen LogP contribution >= 0.6 is 0 Å². The second-order valence-electron chi connectivity index (χ2n) is 9.86. The number of rotatable bonds is 12. The Bertz CT molecular complexity index is 888. The smallest absolute Gasteiger partial charge is 0.408 e. The van der Waals surface area contributed by atoms with Crippen LogP contribution in [0.15, 0.2) is 24.4 Å². The van der Waals surface area contributed by atoms with E-state index < -0.39 is 17.2 Å². The first kappa shape index (κ1) is 26.7. The highest BCUT2D eigenvalue weighted by Crippen LogP contribution is 2.28. The van der Waals surface area contributed by atoms with Crippen molar-refractivity contribution in [1.29, 1.82) is 0 Å². The van der Waals surface area contributed by atoms with Crippen molar-refractivity contribution in [3.05, 3.63) is 35.8 Å². The van der Waals surface area contributed by atoms with Crippen LogP contribution in [0.5, 0.6) is 5.75 Å². The Balaban J connectivity index is 2.01. The molecule has 2 aromatic rings. The van der Waals surface area contributed by atoms with Gasteiger partial charge in [-0.3, -0.25) is 0 Å². The van der Waals surface area contributed by atoms with Crippen LogP contribution in [0.2, 0.25) is 0 Å². The summed E-state index contributed by atoms with van der Waals surface area (Å²) in [4.78, 5) is 19.9. The van der Waals surface area contributed by atoms with Crippen molar-refractivity contribution in [2.45, 2.75) is 91.2 Å². The molecule has 0 spiro atoms. The van der Waals surface area contributed by atoms with Crippen LogP contribution in [-0.2, 0) is 10.3 Å². The maximum absolute atomic E-state index is 12.2. The molecule has 0 aliphatic rings. The van der Waals surface area contributed by atoms with Gasteiger partial charge in [0.25, 0.3) is 0 Å². The highest BCUT2D eigenvalue weighted by Gasteiger charge is 2.33. The van der Waals surface area contributed by atoms with Gasteiger partial charge in [-0.25, -0.2) is 9.78 Å². The molecule has 0 saturated heterocycles. The number of unbranched alkanes of at least 4 members (excludes halogenated alkanes) is 5. The topological polar surface area (TPSA) is 96.5 Å². The lowest BCUT2D eigenvalue weighted by Gasteiger charge is -2.28. The number of nitrogens with zero attached hydrogens (tertiary/aromatic N) is 1. The Morgan fingerprint density at radius 1 is 1.12 bits per heavy atom. The zero-order chi connectivity index (χ0) is 24.5. The first-order valence-electron chi connectivity index (χ1n) is 12.0. The van der Waals surface area contributed by atoms with Crippen LogP contribution in [0.25, 0.3) is 11.3 Å². The molecule has 184 valence electrons. The van der Waals surface area contributed by atoms with E-state index in [9.17, 15) is 9.90 Å². The fourth-order valence-electron chi connectivity index (χ4n) is 3.54. The van der Waals surface area contributed by atoms with Crippen LogP contribution in [0.1, 0.15) is 84.5 Å². The molecule has 0 saturated carbocycles. The van der Waals surface area contributed by atoms with E-state index >= 15 is 0 Å². The number of hydrogen-bond acceptors (Lipinski definition) is 5. The SMILES string of the molecule is CCCCCCCCOc1ccc(-c2cnc([C@](C)(CO)NC(=O)OC(C)(C)C)[nH]2)c(C)c1. The third kappa shape index (κ3) is 8.39. The fraction of sp³-hybridized carbons (Fsp3) is 0.615. The van der Waals surface area contributed by atoms with Crippen LogP contribution in [-0.4, -0.2) is 40.0 Å². The van der Waals surface area contributed by atoms with E-state index in [2.05, 4.69) is 22.2 Å². The summed E-state index contributed by atoms with van der Waals surface area (Å²) in [5.41, 5.74) is 1.10. The highest BCUT2D eigenvalue weighted by molar-refractivity contribution is 5.69. The number of H-pyrrole nitrogens is 1. The molecule has 0 aliphatic heterocycles. The fourth-order valence-corrected chi connectivity index (χ4v) is 3.54. The summed E-state index contributed by atoms with van der Waals surface area (Å²) < 4.78 is 11.3. The molecule has 0 aliphatic carbocycles. The second kappa shape index (κ2) is 12.1. The molecule has 0 fully saturated rings. The van der Waals surface area contributed by atoms with E-state index in [0.717, 1.165) is 35.6 Å². The summed E-state index contributed by atoms with van der Waals surface area (Å²) >= 11 is 0. The summed E-state index contributed by atoms with van der Waals surface area (Å²) in [5.74, 6) is 1.31. The van der Waals surface area contributed by atoms with Gasteiger partial charge >= 0.3 is 6.09 Å². The van der Waals surface area contributed by atoms with Crippen molar-refractivity contribution in [3.8, 4) is 17.0 Å². The third-order valence-corrected chi connectivity index (χ3v) is 5.45. The minimum atomic E-state index is -1.10. The number of aliphatic hydroxyl groups excluding tert-OH is 1. The lowest BCUT2D eigenvalue weighted by molar-refractivity contribution is 0.0403. The number of aromatic nitrogens is 2. The number of aryl methyl sites for hydroxylation is 1. The van der Waals surface area contributed by atoms with Crippen LogP contribution in [0, 0.1) is 6.92 Å². The molecule has 1 aromatic carbocycles. The van der Waals surface area contributed by atoms with E-state index in [4.69, 9.17) is 9.47 Å². The van der Waals surface area contributed by atoms with Crippen molar-refractivity contribution in [1.82, 2.24) is 15.3 Å².